The van der Waals surface area contributed by atoms with E-state index in [-0.39, 0.29) is 12.1 Å². The number of hydrogen-bond acceptors (Lipinski definition) is 8. The Kier molecular flexibility index (Phi) is 4.43. The van der Waals surface area contributed by atoms with Crippen LogP contribution in [0.5, 0.6) is 6.01 Å². The molecule has 1 aliphatic rings. The first kappa shape index (κ1) is 13.2. The van der Waals surface area contributed by atoms with Gasteiger partial charge < -0.3 is 10.1 Å². The van der Waals surface area contributed by atoms with Crippen LogP contribution >= 0.6 is 11.8 Å². The van der Waals surface area contributed by atoms with Gasteiger partial charge >= 0.3 is 6.01 Å². The maximum atomic E-state index is 5.46. The Morgan fingerprint density at radius 1 is 1.33 bits per heavy atom. The van der Waals surface area contributed by atoms with Crippen LogP contribution in [0.2, 0.25) is 0 Å². The minimum atomic E-state index is 0.00732. The van der Waals surface area contributed by atoms with Crippen molar-refractivity contribution in [3.8, 4) is 6.01 Å². The molecule has 8 heteroatoms. The molecule has 0 bridgehead atoms. The number of aromatic nitrogens is 3. The first-order valence-corrected chi connectivity index (χ1v) is 7.06. The quantitative estimate of drug-likeness (QED) is 0.535. The second kappa shape index (κ2) is 6.05. The molecular formula is C10H18N6OS. The van der Waals surface area contributed by atoms with Crippen molar-refractivity contribution in [1.29, 1.82) is 0 Å². The number of ether oxygens (including phenoxy) is 1. The molecule has 1 atom stereocenters. The van der Waals surface area contributed by atoms with Crippen LogP contribution in [-0.4, -0.2) is 38.6 Å². The van der Waals surface area contributed by atoms with Gasteiger partial charge in [0, 0.05) is 11.8 Å². The fourth-order valence-electron chi connectivity index (χ4n) is 1.58. The summed E-state index contributed by atoms with van der Waals surface area (Å²) in [5.74, 6) is 8.37. The predicted molar refractivity (Wildman–Crippen MR) is 72.8 cm³/mol. The average Bonchev–Trinajstić information content (AvgIpc) is 2.80. The van der Waals surface area contributed by atoms with Crippen LogP contribution in [0.4, 0.5) is 11.9 Å². The van der Waals surface area contributed by atoms with Crippen LogP contribution < -0.4 is 21.3 Å². The van der Waals surface area contributed by atoms with Crippen LogP contribution in [0.1, 0.15) is 20.3 Å². The van der Waals surface area contributed by atoms with Gasteiger partial charge in [0.1, 0.15) is 0 Å². The summed E-state index contributed by atoms with van der Waals surface area (Å²) < 4.78 is 5.46. The molecule has 1 aromatic rings. The van der Waals surface area contributed by atoms with Crippen LogP contribution in [0.25, 0.3) is 0 Å². The van der Waals surface area contributed by atoms with Crippen molar-refractivity contribution >= 4 is 23.7 Å². The zero-order chi connectivity index (χ0) is 13.0. The summed E-state index contributed by atoms with van der Waals surface area (Å²) in [6, 6.07) is 0.677. The molecule has 4 N–H and O–H groups in total. The van der Waals surface area contributed by atoms with E-state index in [0.29, 0.717) is 17.9 Å². The van der Waals surface area contributed by atoms with Crippen LogP contribution in [0.15, 0.2) is 0 Å². The smallest absolute Gasteiger partial charge is 0.323 e. The molecule has 0 aromatic carbocycles. The van der Waals surface area contributed by atoms with Crippen LogP contribution in [-0.2, 0) is 0 Å². The Morgan fingerprint density at radius 3 is 2.72 bits per heavy atom. The van der Waals surface area contributed by atoms with Gasteiger partial charge in [0.15, 0.2) is 0 Å². The third kappa shape index (κ3) is 3.61. The van der Waals surface area contributed by atoms with E-state index >= 15 is 0 Å². The number of hydrogen-bond donors (Lipinski definition) is 3. The number of anilines is 2. The lowest BCUT2D eigenvalue weighted by Gasteiger charge is -2.13. The first-order chi connectivity index (χ1) is 8.67. The maximum absolute atomic E-state index is 5.46. The Morgan fingerprint density at radius 2 is 2.11 bits per heavy atom. The summed E-state index contributed by atoms with van der Waals surface area (Å²) in [7, 11) is 0. The SMILES string of the molecule is CC(C)Oc1nc(NN)nc(NC2CCSC2)n1. The normalized spacial score (nSPS) is 19.0. The fourth-order valence-corrected chi connectivity index (χ4v) is 2.73. The molecule has 2 rings (SSSR count). The average molecular weight is 270 g/mol. The molecule has 0 saturated carbocycles. The first-order valence-electron chi connectivity index (χ1n) is 5.91. The molecule has 7 nitrogen and oxygen atoms in total. The number of nitrogen functional groups attached to an aromatic ring is 1. The maximum Gasteiger partial charge on any atom is 0.323 e. The molecular weight excluding hydrogens is 252 g/mol. The zero-order valence-corrected chi connectivity index (χ0v) is 11.3. The van der Waals surface area contributed by atoms with E-state index in [1.807, 2.05) is 25.6 Å². The highest BCUT2D eigenvalue weighted by Gasteiger charge is 2.17. The number of hydrazine groups is 1. The van der Waals surface area contributed by atoms with E-state index in [9.17, 15) is 0 Å². The molecule has 1 unspecified atom stereocenters. The van der Waals surface area contributed by atoms with Gasteiger partial charge in [0.05, 0.1) is 6.10 Å². The molecule has 100 valence electrons. The van der Waals surface area contributed by atoms with E-state index in [2.05, 4.69) is 25.7 Å². The summed E-state index contributed by atoms with van der Waals surface area (Å²) in [4.78, 5) is 12.4. The third-order valence-electron chi connectivity index (χ3n) is 2.35. The van der Waals surface area contributed by atoms with Crippen LogP contribution in [0, 0.1) is 0 Å². The van der Waals surface area contributed by atoms with Crippen molar-refractivity contribution in [3.63, 3.8) is 0 Å². The topological polar surface area (TPSA) is 98.0 Å². The lowest BCUT2D eigenvalue weighted by molar-refractivity contribution is 0.222. The summed E-state index contributed by atoms with van der Waals surface area (Å²) in [5, 5.41) is 3.27. The lowest BCUT2D eigenvalue weighted by Crippen LogP contribution is -2.22. The van der Waals surface area contributed by atoms with E-state index in [1.165, 1.54) is 5.75 Å². The van der Waals surface area contributed by atoms with E-state index in [4.69, 9.17) is 10.6 Å². The van der Waals surface area contributed by atoms with Gasteiger partial charge in [-0.15, -0.1) is 0 Å². The van der Waals surface area contributed by atoms with Crippen molar-refractivity contribution < 1.29 is 4.74 Å². The predicted octanol–water partition coefficient (Wildman–Crippen LogP) is 0.862. The number of thioether (sulfide) groups is 1. The lowest BCUT2D eigenvalue weighted by atomic mass is 10.3. The summed E-state index contributed by atoms with van der Waals surface area (Å²) in [6.45, 7) is 3.83. The monoisotopic (exact) mass is 270 g/mol. The minimum absolute atomic E-state index is 0.00732. The molecule has 0 spiro atoms. The zero-order valence-electron chi connectivity index (χ0n) is 10.5. The van der Waals surface area contributed by atoms with Gasteiger partial charge in [-0.05, 0) is 26.0 Å². The Labute approximate surface area is 110 Å². The van der Waals surface area contributed by atoms with Crippen molar-refractivity contribution in [2.75, 3.05) is 22.2 Å². The van der Waals surface area contributed by atoms with Crippen molar-refractivity contribution in [2.45, 2.75) is 32.4 Å². The van der Waals surface area contributed by atoms with Crippen molar-refractivity contribution in [2.24, 2.45) is 5.84 Å². The van der Waals surface area contributed by atoms with Gasteiger partial charge in [-0.3, -0.25) is 5.43 Å². The van der Waals surface area contributed by atoms with E-state index < -0.39 is 0 Å². The number of rotatable bonds is 5. The second-order valence-electron chi connectivity index (χ2n) is 4.28. The Balaban J connectivity index is 2.11. The standard InChI is InChI=1S/C10H18N6OS/c1-6(2)17-10-14-8(13-9(15-10)16-11)12-7-3-4-18-5-7/h6-7H,3-5,11H2,1-2H3,(H2,12,13,14,15,16). The van der Waals surface area contributed by atoms with E-state index in [1.54, 1.807) is 0 Å². The molecule has 0 aliphatic carbocycles. The van der Waals surface area contributed by atoms with Gasteiger partial charge in [0.2, 0.25) is 11.9 Å². The van der Waals surface area contributed by atoms with Crippen LogP contribution in [0.3, 0.4) is 0 Å². The highest BCUT2D eigenvalue weighted by Crippen LogP contribution is 2.21. The second-order valence-corrected chi connectivity index (χ2v) is 5.43. The minimum Gasteiger partial charge on any atom is -0.461 e. The van der Waals surface area contributed by atoms with Gasteiger partial charge in [-0.25, -0.2) is 5.84 Å². The van der Waals surface area contributed by atoms with Gasteiger partial charge in [-0.2, -0.15) is 26.7 Å². The highest BCUT2D eigenvalue weighted by atomic mass is 32.2. The molecule has 1 saturated heterocycles. The molecule has 0 amide bonds. The molecule has 0 radical (unpaired) electrons. The Hall–Kier alpha value is -1.28. The van der Waals surface area contributed by atoms with E-state index in [0.717, 1.165) is 12.2 Å². The highest BCUT2D eigenvalue weighted by molar-refractivity contribution is 7.99. The fraction of sp³-hybridized carbons (Fsp3) is 0.700. The molecule has 2 heterocycles. The largest absolute Gasteiger partial charge is 0.461 e. The molecule has 1 aromatic heterocycles. The van der Waals surface area contributed by atoms with Gasteiger partial charge in [-0.1, -0.05) is 0 Å². The molecule has 18 heavy (non-hydrogen) atoms. The summed E-state index contributed by atoms with van der Waals surface area (Å²) in [5.41, 5.74) is 2.42. The van der Waals surface area contributed by atoms with Crippen molar-refractivity contribution in [3.05, 3.63) is 0 Å². The number of nitrogens with one attached hydrogen (secondary N) is 2. The molecule has 1 fully saturated rings. The molecule has 1 aliphatic heterocycles. The number of nitrogens with two attached hydrogens (primary N) is 1. The number of nitrogens with zero attached hydrogens (tertiary/aromatic N) is 3. The third-order valence-corrected chi connectivity index (χ3v) is 3.51. The van der Waals surface area contributed by atoms with Gasteiger partial charge in [0.25, 0.3) is 0 Å². The summed E-state index contributed by atoms with van der Waals surface area (Å²) in [6.07, 6.45) is 1.12. The van der Waals surface area contributed by atoms with Crippen molar-refractivity contribution in [1.82, 2.24) is 15.0 Å². The Bertz CT molecular complexity index is 396. The summed E-state index contributed by atoms with van der Waals surface area (Å²) >= 11 is 1.92.